The van der Waals surface area contributed by atoms with Crippen LogP contribution in [0.4, 0.5) is 0 Å². The molecule has 9 heteroatoms. The molecule has 1 spiro atoms. The summed E-state index contributed by atoms with van der Waals surface area (Å²) >= 11 is 0. The molecule has 4 atom stereocenters. The Balaban J connectivity index is 1.29. The molecule has 3 aliphatic carbocycles. The molecule has 2 aliphatic heterocycles. The van der Waals surface area contributed by atoms with Crippen LogP contribution in [-0.2, 0) is 27.8 Å². The highest BCUT2D eigenvalue weighted by Gasteiger charge is 2.64. The molecular weight excluding hydrogens is 416 g/mol. The number of sulfonamides is 1. The number of aromatic nitrogens is 2. The highest BCUT2D eigenvalue weighted by Crippen LogP contribution is 2.70. The lowest BCUT2D eigenvalue weighted by Crippen LogP contribution is -2.41. The first kappa shape index (κ1) is 19.7. The van der Waals surface area contributed by atoms with Gasteiger partial charge >= 0.3 is 0 Å². The molecule has 3 fully saturated rings. The zero-order valence-electron chi connectivity index (χ0n) is 17.7. The minimum Gasteiger partial charge on any atom is -0.332 e. The molecular formula is C22H28N4O4S. The van der Waals surface area contributed by atoms with Crippen LogP contribution >= 0.6 is 0 Å². The van der Waals surface area contributed by atoms with E-state index >= 15 is 0 Å². The van der Waals surface area contributed by atoms with E-state index in [-0.39, 0.29) is 30.0 Å². The van der Waals surface area contributed by atoms with Crippen LogP contribution in [0.5, 0.6) is 0 Å². The Labute approximate surface area is 181 Å². The Hall–Kier alpha value is -2.00. The molecule has 31 heavy (non-hydrogen) atoms. The minimum atomic E-state index is -3.35. The number of rotatable bonds is 3. The molecule has 0 aromatic carbocycles. The van der Waals surface area contributed by atoms with Crippen molar-refractivity contribution < 1.29 is 13.2 Å². The number of hydrogen-bond donors (Lipinski definition) is 1. The maximum atomic E-state index is 13.6. The first-order chi connectivity index (χ1) is 14.8. The third kappa shape index (κ3) is 2.88. The van der Waals surface area contributed by atoms with Crippen LogP contribution in [0.1, 0.15) is 55.2 Å². The van der Waals surface area contributed by atoms with E-state index in [2.05, 4.69) is 17.1 Å². The Morgan fingerprint density at radius 1 is 1.26 bits per heavy atom. The SMILES string of the molecule is CS(=O)(=O)N1CCc2c(nc([C@H]3CCCN3C(=O)[C@H]3C[C@H]4C=C[C@H]3C43CC3)[nH]c2=O)C1. The molecule has 1 aromatic rings. The number of carbonyl (C=O) groups excluding carboxylic acids is 1. The fourth-order valence-electron chi connectivity index (χ4n) is 6.66. The third-order valence-electron chi connectivity index (χ3n) is 8.42. The molecule has 0 radical (unpaired) electrons. The molecule has 3 heterocycles. The quantitative estimate of drug-likeness (QED) is 0.709. The van der Waals surface area contributed by atoms with Crippen molar-refractivity contribution >= 4 is 15.9 Å². The average molecular weight is 445 g/mol. The van der Waals surface area contributed by atoms with Crippen molar-refractivity contribution in [2.75, 3.05) is 19.3 Å². The van der Waals surface area contributed by atoms with Gasteiger partial charge in [0, 0.05) is 24.6 Å². The second-order valence-corrected chi connectivity index (χ2v) is 12.0. The maximum Gasteiger partial charge on any atom is 0.254 e. The Morgan fingerprint density at radius 3 is 2.77 bits per heavy atom. The van der Waals surface area contributed by atoms with Crippen LogP contribution < -0.4 is 5.56 Å². The molecule has 2 saturated carbocycles. The van der Waals surface area contributed by atoms with Gasteiger partial charge in [-0.25, -0.2) is 13.4 Å². The van der Waals surface area contributed by atoms with Crippen molar-refractivity contribution in [3.05, 3.63) is 39.6 Å². The number of nitrogens with zero attached hydrogens (tertiary/aromatic N) is 3. The summed E-state index contributed by atoms with van der Waals surface area (Å²) in [5.41, 5.74) is 1.25. The van der Waals surface area contributed by atoms with Crippen LogP contribution in [0, 0.1) is 23.2 Å². The number of amides is 1. The zero-order chi connectivity index (χ0) is 21.5. The summed E-state index contributed by atoms with van der Waals surface area (Å²) in [6, 6.07) is -0.239. The lowest BCUT2D eigenvalue weighted by Gasteiger charge is -2.31. The van der Waals surface area contributed by atoms with Gasteiger partial charge in [0.15, 0.2) is 0 Å². The van der Waals surface area contributed by atoms with Crippen molar-refractivity contribution in [3.8, 4) is 0 Å². The lowest BCUT2D eigenvalue weighted by molar-refractivity contribution is -0.137. The molecule has 5 aliphatic rings. The number of allylic oxidation sites excluding steroid dienone is 2. The van der Waals surface area contributed by atoms with E-state index in [4.69, 9.17) is 4.98 Å². The van der Waals surface area contributed by atoms with Gasteiger partial charge in [-0.1, -0.05) is 12.2 Å². The van der Waals surface area contributed by atoms with Crippen molar-refractivity contribution in [1.82, 2.24) is 19.2 Å². The van der Waals surface area contributed by atoms with Crippen LogP contribution in [-0.4, -0.2) is 52.8 Å². The number of nitrogens with one attached hydrogen (secondary N) is 1. The normalized spacial score (nSPS) is 33.3. The van der Waals surface area contributed by atoms with Gasteiger partial charge in [0.05, 0.1) is 24.5 Å². The van der Waals surface area contributed by atoms with Gasteiger partial charge in [0.25, 0.3) is 5.56 Å². The monoisotopic (exact) mass is 444 g/mol. The van der Waals surface area contributed by atoms with Crippen LogP contribution in [0.15, 0.2) is 16.9 Å². The van der Waals surface area contributed by atoms with E-state index in [1.54, 1.807) is 0 Å². The second-order valence-electron chi connectivity index (χ2n) is 10.0. The highest BCUT2D eigenvalue weighted by atomic mass is 32.2. The Kier molecular flexibility index (Phi) is 4.13. The summed E-state index contributed by atoms with van der Waals surface area (Å²) in [5, 5.41) is 0. The molecule has 6 rings (SSSR count). The van der Waals surface area contributed by atoms with Gasteiger partial charge in [0.2, 0.25) is 15.9 Å². The summed E-state index contributed by atoms with van der Waals surface area (Å²) in [6.45, 7) is 1.10. The van der Waals surface area contributed by atoms with E-state index in [1.165, 1.54) is 23.4 Å². The molecule has 1 saturated heterocycles. The van der Waals surface area contributed by atoms with Gasteiger partial charge in [0.1, 0.15) is 5.82 Å². The molecule has 0 unspecified atom stereocenters. The van der Waals surface area contributed by atoms with Crippen LogP contribution in [0.3, 0.4) is 0 Å². The molecule has 1 amide bonds. The summed E-state index contributed by atoms with van der Waals surface area (Å²) < 4.78 is 25.3. The number of aromatic amines is 1. The van der Waals surface area contributed by atoms with Crippen molar-refractivity contribution in [2.45, 2.75) is 51.1 Å². The summed E-state index contributed by atoms with van der Waals surface area (Å²) in [6.07, 6.45) is 11.2. The summed E-state index contributed by atoms with van der Waals surface area (Å²) in [5.74, 6) is 1.66. The Bertz CT molecular complexity index is 1150. The lowest BCUT2D eigenvalue weighted by atomic mass is 9.88. The van der Waals surface area contributed by atoms with Gasteiger partial charge in [-0.15, -0.1) is 0 Å². The van der Waals surface area contributed by atoms with Gasteiger partial charge in [-0.2, -0.15) is 4.31 Å². The molecule has 1 N–H and O–H groups in total. The predicted octanol–water partition coefficient (Wildman–Crippen LogP) is 1.35. The molecule has 166 valence electrons. The van der Waals surface area contributed by atoms with Crippen molar-refractivity contribution in [1.29, 1.82) is 0 Å². The first-order valence-corrected chi connectivity index (χ1v) is 13.2. The maximum absolute atomic E-state index is 13.6. The Morgan fingerprint density at radius 2 is 2.06 bits per heavy atom. The molecule has 8 nitrogen and oxygen atoms in total. The fraction of sp³-hybridized carbons (Fsp3) is 0.682. The van der Waals surface area contributed by atoms with Crippen molar-refractivity contribution in [2.24, 2.45) is 23.2 Å². The average Bonchev–Trinajstić information content (AvgIpc) is 3.12. The number of H-pyrrole nitrogens is 1. The number of hydrogen-bond acceptors (Lipinski definition) is 5. The minimum absolute atomic E-state index is 0.0446. The predicted molar refractivity (Wildman–Crippen MR) is 113 cm³/mol. The van der Waals surface area contributed by atoms with Crippen molar-refractivity contribution in [3.63, 3.8) is 0 Å². The van der Waals surface area contributed by atoms with Crippen LogP contribution in [0.25, 0.3) is 0 Å². The summed E-state index contributed by atoms with van der Waals surface area (Å²) in [4.78, 5) is 35.9. The van der Waals surface area contributed by atoms with Gasteiger partial charge in [-0.05, 0) is 55.8 Å². The number of fused-ring (bicyclic) bond motifs is 1. The second kappa shape index (κ2) is 6.51. The van der Waals surface area contributed by atoms with E-state index in [0.29, 0.717) is 53.8 Å². The van der Waals surface area contributed by atoms with Gasteiger partial charge in [-0.3, -0.25) is 9.59 Å². The van der Waals surface area contributed by atoms with E-state index in [9.17, 15) is 18.0 Å². The number of likely N-dealkylation sites (tertiary alicyclic amines) is 1. The topological polar surface area (TPSA) is 103 Å². The highest BCUT2D eigenvalue weighted by molar-refractivity contribution is 7.88. The smallest absolute Gasteiger partial charge is 0.254 e. The van der Waals surface area contributed by atoms with E-state index in [0.717, 1.165) is 19.3 Å². The van der Waals surface area contributed by atoms with Gasteiger partial charge < -0.3 is 9.88 Å². The number of carbonyl (C=O) groups is 1. The largest absolute Gasteiger partial charge is 0.332 e. The van der Waals surface area contributed by atoms with E-state index in [1.807, 2.05) is 4.90 Å². The zero-order valence-corrected chi connectivity index (χ0v) is 18.5. The standard InChI is InChI=1S/C22H28N4O4S/c1-31(29,30)25-10-6-14-17(12-25)23-19(24-20(14)27)18-3-2-9-26(18)21(28)15-11-13-4-5-16(15)22(13)7-8-22/h4-5,13,15-16,18H,2-3,6-12H2,1H3,(H,23,24,27)/t13-,15+,16-,18-/m1/s1. The fourth-order valence-corrected chi connectivity index (χ4v) is 7.44. The molecule has 2 bridgehead atoms. The summed E-state index contributed by atoms with van der Waals surface area (Å²) in [7, 11) is -3.35. The van der Waals surface area contributed by atoms with E-state index < -0.39 is 10.0 Å². The third-order valence-corrected chi connectivity index (χ3v) is 9.67. The first-order valence-electron chi connectivity index (χ1n) is 11.3. The molecule has 1 aromatic heterocycles. The van der Waals surface area contributed by atoms with Crippen LogP contribution in [0.2, 0.25) is 0 Å².